The first-order chi connectivity index (χ1) is 8.24. The molecule has 0 saturated heterocycles. The summed E-state index contributed by atoms with van der Waals surface area (Å²) in [4.78, 5) is 4.75. The lowest BCUT2D eigenvalue weighted by atomic mass is 10.1. The molecule has 0 N–H and O–H groups in total. The molecule has 0 amide bonds. The van der Waals surface area contributed by atoms with Crippen LogP contribution in [-0.4, -0.2) is 16.8 Å². The summed E-state index contributed by atoms with van der Waals surface area (Å²) in [5.41, 5.74) is 1.39. The van der Waals surface area contributed by atoms with E-state index in [0.717, 1.165) is 12.2 Å². The molecule has 0 unspecified atom stereocenters. The Morgan fingerprint density at radius 1 is 1.35 bits per heavy atom. The maximum Gasteiger partial charge on any atom is 0.0905 e. The zero-order valence-corrected chi connectivity index (χ0v) is 11.3. The van der Waals surface area contributed by atoms with Crippen molar-refractivity contribution in [3.8, 4) is 0 Å². The predicted octanol–water partition coefficient (Wildman–Crippen LogP) is 3.96. The molecule has 0 bridgehead atoms. The third-order valence-electron chi connectivity index (χ3n) is 2.67. The number of allylic oxidation sites excluding steroid dienone is 1. The van der Waals surface area contributed by atoms with Crippen molar-refractivity contribution >= 4 is 16.8 Å². The van der Waals surface area contributed by atoms with Crippen LogP contribution in [0.3, 0.4) is 0 Å². The lowest BCUT2D eigenvalue weighted by molar-refractivity contribution is 0.763. The smallest absolute Gasteiger partial charge is 0.0905 e. The van der Waals surface area contributed by atoms with Gasteiger partial charge in [0.15, 0.2) is 0 Å². The Bertz CT molecular complexity index is 406. The summed E-state index contributed by atoms with van der Waals surface area (Å²) in [6, 6.07) is 11.1. The summed E-state index contributed by atoms with van der Waals surface area (Å²) in [5, 5.41) is 1.19. The minimum absolute atomic E-state index is 0.453. The molecule has 1 aliphatic rings. The summed E-state index contributed by atoms with van der Waals surface area (Å²) >= 11 is 1.87. The van der Waals surface area contributed by atoms with Gasteiger partial charge in [-0.2, -0.15) is 0 Å². The summed E-state index contributed by atoms with van der Waals surface area (Å²) in [7, 11) is 0. The van der Waals surface area contributed by atoms with Crippen molar-refractivity contribution in [2.45, 2.75) is 26.3 Å². The van der Waals surface area contributed by atoms with Crippen molar-refractivity contribution in [2.24, 2.45) is 10.9 Å². The van der Waals surface area contributed by atoms with Crippen molar-refractivity contribution in [3.05, 3.63) is 48.0 Å². The van der Waals surface area contributed by atoms with Crippen LogP contribution in [0.2, 0.25) is 0 Å². The Labute approximate surface area is 108 Å². The summed E-state index contributed by atoms with van der Waals surface area (Å²) in [5.74, 6) is 1.72. The molecule has 1 aromatic rings. The van der Waals surface area contributed by atoms with Gasteiger partial charge in [0, 0.05) is 5.75 Å². The average Bonchev–Trinajstić information content (AvgIpc) is 2.75. The van der Waals surface area contributed by atoms with E-state index in [4.69, 9.17) is 4.99 Å². The van der Waals surface area contributed by atoms with E-state index in [0.29, 0.717) is 12.0 Å². The highest BCUT2D eigenvalue weighted by molar-refractivity contribution is 8.14. The molecule has 2 heteroatoms. The first-order valence-electron chi connectivity index (χ1n) is 6.17. The summed E-state index contributed by atoms with van der Waals surface area (Å²) in [6.45, 7) is 4.39. The molecule has 0 radical (unpaired) electrons. The first-order valence-corrected chi connectivity index (χ1v) is 7.15. The topological polar surface area (TPSA) is 12.4 Å². The Hall–Kier alpha value is -1.02. The van der Waals surface area contributed by atoms with E-state index < -0.39 is 0 Å². The Morgan fingerprint density at radius 3 is 2.82 bits per heavy atom. The van der Waals surface area contributed by atoms with Crippen LogP contribution < -0.4 is 0 Å². The van der Waals surface area contributed by atoms with Crippen LogP contribution in [0.5, 0.6) is 0 Å². The quantitative estimate of drug-likeness (QED) is 0.782. The standard InChI is InChI=1S/C15H19NS/c1-12(2)8-9-15-16-14(11-17-15)10-13-6-4-3-5-7-13/h3-9,12,14H,10-11H2,1-2H3/b9-8+/t14-/m1/s1. The highest BCUT2D eigenvalue weighted by Gasteiger charge is 2.16. The van der Waals surface area contributed by atoms with Gasteiger partial charge >= 0.3 is 0 Å². The van der Waals surface area contributed by atoms with Crippen LogP contribution in [0.15, 0.2) is 47.5 Å². The second-order valence-corrected chi connectivity index (χ2v) is 5.77. The number of benzene rings is 1. The molecular formula is C15H19NS. The van der Waals surface area contributed by atoms with Crippen LogP contribution in [0.1, 0.15) is 19.4 Å². The van der Waals surface area contributed by atoms with E-state index in [1.807, 2.05) is 11.8 Å². The van der Waals surface area contributed by atoms with Gasteiger partial charge < -0.3 is 0 Å². The van der Waals surface area contributed by atoms with Crippen molar-refractivity contribution < 1.29 is 0 Å². The number of nitrogens with zero attached hydrogens (tertiary/aromatic N) is 1. The number of aliphatic imine (C=N–C) groups is 1. The minimum Gasteiger partial charge on any atom is -0.274 e. The van der Waals surface area contributed by atoms with Crippen molar-refractivity contribution in [2.75, 3.05) is 5.75 Å². The summed E-state index contributed by atoms with van der Waals surface area (Å²) in [6.07, 6.45) is 5.45. The normalized spacial score (nSPS) is 20.2. The number of rotatable bonds is 4. The fourth-order valence-electron chi connectivity index (χ4n) is 1.79. The molecule has 0 spiro atoms. The van der Waals surface area contributed by atoms with Gasteiger partial charge in [0.25, 0.3) is 0 Å². The molecule has 90 valence electrons. The molecule has 1 atom stereocenters. The van der Waals surface area contributed by atoms with Crippen LogP contribution in [0.25, 0.3) is 0 Å². The van der Waals surface area contributed by atoms with Crippen LogP contribution >= 0.6 is 11.8 Å². The molecule has 1 heterocycles. The number of hydrogen-bond donors (Lipinski definition) is 0. The Morgan fingerprint density at radius 2 is 2.12 bits per heavy atom. The zero-order valence-electron chi connectivity index (χ0n) is 10.5. The van der Waals surface area contributed by atoms with E-state index in [2.05, 4.69) is 56.3 Å². The first kappa shape index (κ1) is 12.4. The lowest BCUT2D eigenvalue weighted by Crippen LogP contribution is -2.07. The van der Waals surface area contributed by atoms with Gasteiger partial charge in [-0.1, -0.05) is 50.3 Å². The maximum atomic E-state index is 4.75. The minimum atomic E-state index is 0.453. The SMILES string of the molecule is CC(C)/C=C/C1=N[C@H](Cc2ccccc2)CS1. The average molecular weight is 245 g/mol. The van der Waals surface area contributed by atoms with E-state index in [-0.39, 0.29) is 0 Å². The highest BCUT2D eigenvalue weighted by atomic mass is 32.2. The van der Waals surface area contributed by atoms with Gasteiger partial charge in [-0.15, -0.1) is 11.8 Å². The molecular weight excluding hydrogens is 226 g/mol. The van der Waals surface area contributed by atoms with Gasteiger partial charge in [0.2, 0.25) is 0 Å². The molecule has 17 heavy (non-hydrogen) atoms. The lowest BCUT2D eigenvalue weighted by Gasteiger charge is -2.04. The van der Waals surface area contributed by atoms with Crippen molar-refractivity contribution in [1.82, 2.24) is 0 Å². The Balaban J connectivity index is 1.93. The van der Waals surface area contributed by atoms with Crippen LogP contribution in [0.4, 0.5) is 0 Å². The zero-order chi connectivity index (χ0) is 12.1. The van der Waals surface area contributed by atoms with Gasteiger partial charge in [-0.05, 0) is 24.0 Å². The van der Waals surface area contributed by atoms with Gasteiger partial charge in [-0.3, -0.25) is 4.99 Å². The molecule has 2 rings (SSSR count). The molecule has 1 aliphatic heterocycles. The molecule has 0 fully saturated rings. The molecule has 1 aromatic carbocycles. The van der Waals surface area contributed by atoms with E-state index in [9.17, 15) is 0 Å². The highest BCUT2D eigenvalue weighted by Crippen LogP contribution is 2.22. The summed E-state index contributed by atoms with van der Waals surface area (Å²) < 4.78 is 0. The molecule has 0 aliphatic carbocycles. The fourth-order valence-corrected chi connectivity index (χ4v) is 2.75. The van der Waals surface area contributed by atoms with Gasteiger partial charge in [0.05, 0.1) is 11.1 Å². The van der Waals surface area contributed by atoms with Gasteiger partial charge in [0.1, 0.15) is 0 Å². The second-order valence-electron chi connectivity index (χ2n) is 4.73. The largest absolute Gasteiger partial charge is 0.274 e. The predicted molar refractivity (Wildman–Crippen MR) is 77.8 cm³/mol. The van der Waals surface area contributed by atoms with E-state index in [1.165, 1.54) is 10.6 Å². The van der Waals surface area contributed by atoms with Crippen molar-refractivity contribution in [3.63, 3.8) is 0 Å². The Kier molecular flexibility index (Phi) is 4.43. The third-order valence-corrected chi connectivity index (χ3v) is 3.76. The molecule has 1 nitrogen and oxygen atoms in total. The molecule has 0 saturated carbocycles. The fraction of sp³-hybridized carbons (Fsp3) is 0.400. The number of thioether (sulfide) groups is 1. The second kappa shape index (κ2) is 6.06. The van der Waals surface area contributed by atoms with E-state index >= 15 is 0 Å². The van der Waals surface area contributed by atoms with Crippen LogP contribution in [0, 0.1) is 5.92 Å². The number of hydrogen-bond acceptors (Lipinski definition) is 2. The van der Waals surface area contributed by atoms with Crippen molar-refractivity contribution in [1.29, 1.82) is 0 Å². The van der Waals surface area contributed by atoms with E-state index in [1.54, 1.807) is 0 Å². The monoisotopic (exact) mass is 245 g/mol. The van der Waals surface area contributed by atoms with Gasteiger partial charge in [-0.25, -0.2) is 0 Å². The molecule has 0 aromatic heterocycles. The maximum absolute atomic E-state index is 4.75. The third kappa shape index (κ3) is 4.04. The van der Waals surface area contributed by atoms with Crippen LogP contribution in [-0.2, 0) is 6.42 Å².